The fraction of sp³-hybridized carbons (Fsp3) is 0.364. The second-order valence-corrected chi connectivity index (χ2v) is 7.47. The minimum atomic E-state index is 0.750. The third-order valence-corrected chi connectivity index (χ3v) is 5.89. The number of benzene rings is 2. The molecular formula is C22H22N4O2. The summed E-state index contributed by atoms with van der Waals surface area (Å²) in [4.78, 5) is 14.9. The number of nitrogens with zero attached hydrogens (tertiary/aromatic N) is 4. The minimum absolute atomic E-state index is 0.750. The zero-order chi connectivity index (χ0) is 18.5. The van der Waals surface area contributed by atoms with Crippen molar-refractivity contribution in [2.24, 2.45) is 0 Å². The van der Waals surface area contributed by atoms with Gasteiger partial charge in [0.1, 0.15) is 11.6 Å². The molecule has 2 aromatic carbocycles. The van der Waals surface area contributed by atoms with E-state index in [1.807, 2.05) is 0 Å². The molecule has 142 valence electrons. The predicted molar refractivity (Wildman–Crippen MR) is 112 cm³/mol. The van der Waals surface area contributed by atoms with Gasteiger partial charge < -0.3 is 19.3 Å². The Morgan fingerprint density at radius 2 is 1.04 bits per heavy atom. The Balaban J connectivity index is 1.66. The minimum Gasteiger partial charge on any atom is -0.378 e. The van der Waals surface area contributed by atoms with Crippen LogP contribution in [0.25, 0.3) is 32.6 Å². The molecule has 0 aliphatic carbocycles. The van der Waals surface area contributed by atoms with E-state index in [0.717, 1.165) is 75.3 Å². The van der Waals surface area contributed by atoms with Gasteiger partial charge in [-0.2, -0.15) is 0 Å². The molecule has 4 heterocycles. The lowest BCUT2D eigenvalue weighted by Gasteiger charge is -2.31. The van der Waals surface area contributed by atoms with Gasteiger partial charge in [0.05, 0.1) is 37.5 Å². The Morgan fingerprint density at radius 3 is 1.46 bits per heavy atom. The molecule has 4 aromatic rings. The standard InChI is InChI=1S/C22H22N4O2/c1-3-15-19-17(5-1)23-22(26-9-13-28-14-10-26)16-4-2-6-18(20(16)19)24-21(15)25-7-11-27-12-8-25/h1-6H,7-14H2. The van der Waals surface area contributed by atoms with E-state index in [1.165, 1.54) is 21.5 Å². The molecule has 0 saturated carbocycles. The maximum absolute atomic E-state index is 5.55. The summed E-state index contributed by atoms with van der Waals surface area (Å²) in [6.07, 6.45) is 0. The monoisotopic (exact) mass is 374 g/mol. The molecule has 0 amide bonds. The zero-order valence-corrected chi connectivity index (χ0v) is 15.7. The highest BCUT2D eigenvalue weighted by atomic mass is 16.5. The third-order valence-electron chi connectivity index (χ3n) is 5.89. The number of pyridine rings is 2. The van der Waals surface area contributed by atoms with Crippen LogP contribution in [0.5, 0.6) is 0 Å². The van der Waals surface area contributed by atoms with Gasteiger partial charge in [0, 0.05) is 47.7 Å². The zero-order valence-electron chi connectivity index (χ0n) is 15.7. The molecule has 2 aliphatic heterocycles. The molecule has 2 aromatic heterocycles. The van der Waals surface area contributed by atoms with Gasteiger partial charge in [-0.15, -0.1) is 0 Å². The van der Waals surface area contributed by atoms with Crippen LogP contribution >= 0.6 is 0 Å². The molecule has 2 fully saturated rings. The van der Waals surface area contributed by atoms with Crippen molar-refractivity contribution < 1.29 is 9.47 Å². The summed E-state index contributed by atoms with van der Waals surface area (Å²) >= 11 is 0. The Bertz CT molecular complexity index is 1060. The Kier molecular flexibility index (Phi) is 3.74. The first-order chi connectivity index (χ1) is 13.9. The first-order valence-electron chi connectivity index (χ1n) is 10.00. The van der Waals surface area contributed by atoms with E-state index >= 15 is 0 Å². The normalized spacial score (nSPS) is 18.6. The van der Waals surface area contributed by atoms with Crippen LogP contribution < -0.4 is 9.80 Å². The smallest absolute Gasteiger partial charge is 0.137 e. The molecule has 2 aliphatic rings. The largest absolute Gasteiger partial charge is 0.378 e. The highest BCUT2D eigenvalue weighted by Crippen LogP contribution is 2.40. The summed E-state index contributed by atoms with van der Waals surface area (Å²) < 4.78 is 11.1. The molecule has 6 heteroatoms. The lowest BCUT2D eigenvalue weighted by Crippen LogP contribution is -2.37. The lowest BCUT2D eigenvalue weighted by atomic mass is 9.99. The number of anilines is 2. The summed E-state index contributed by atoms with van der Waals surface area (Å²) in [5, 5.41) is 4.82. The van der Waals surface area contributed by atoms with Gasteiger partial charge in [-0.05, 0) is 12.1 Å². The van der Waals surface area contributed by atoms with Crippen molar-refractivity contribution in [1.29, 1.82) is 0 Å². The molecule has 2 saturated heterocycles. The Hall–Kier alpha value is -2.70. The summed E-state index contributed by atoms with van der Waals surface area (Å²) in [5.41, 5.74) is 2.08. The van der Waals surface area contributed by atoms with E-state index in [-0.39, 0.29) is 0 Å². The molecule has 28 heavy (non-hydrogen) atoms. The highest BCUT2D eigenvalue weighted by Gasteiger charge is 2.23. The van der Waals surface area contributed by atoms with Crippen molar-refractivity contribution in [3.8, 4) is 0 Å². The fourth-order valence-electron chi connectivity index (χ4n) is 4.55. The van der Waals surface area contributed by atoms with Crippen molar-refractivity contribution in [2.75, 3.05) is 62.4 Å². The van der Waals surface area contributed by atoms with E-state index in [1.54, 1.807) is 0 Å². The molecular weight excluding hydrogens is 352 g/mol. The second kappa shape index (κ2) is 6.43. The van der Waals surface area contributed by atoms with Crippen LogP contribution in [0.4, 0.5) is 11.6 Å². The summed E-state index contributed by atoms with van der Waals surface area (Å²) in [7, 11) is 0. The van der Waals surface area contributed by atoms with Crippen molar-refractivity contribution in [3.63, 3.8) is 0 Å². The second-order valence-electron chi connectivity index (χ2n) is 7.47. The van der Waals surface area contributed by atoms with Gasteiger partial charge in [-0.1, -0.05) is 24.3 Å². The van der Waals surface area contributed by atoms with E-state index in [9.17, 15) is 0 Å². The molecule has 0 atom stereocenters. The quantitative estimate of drug-likeness (QED) is 0.503. The molecule has 0 spiro atoms. The van der Waals surface area contributed by atoms with Gasteiger partial charge >= 0.3 is 0 Å². The van der Waals surface area contributed by atoms with Gasteiger partial charge in [-0.3, -0.25) is 0 Å². The molecule has 0 radical (unpaired) electrons. The van der Waals surface area contributed by atoms with Gasteiger partial charge in [-0.25, -0.2) is 9.97 Å². The lowest BCUT2D eigenvalue weighted by molar-refractivity contribution is 0.122. The Labute approximate surface area is 163 Å². The van der Waals surface area contributed by atoms with Gasteiger partial charge in [0.25, 0.3) is 0 Å². The molecule has 6 nitrogen and oxygen atoms in total. The summed E-state index contributed by atoms with van der Waals surface area (Å²) in [5.74, 6) is 2.10. The average molecular weight is 374 g/mol. The predicted octanol–water partition coefficient (Wildman–Crippen LogP) is 3.05. The fourth-order valence-corrected chi connectivity index (χ4v) is 4.55. The van der Waals surface area contributed by atoms with Crippen molar-refractivity contribution in [2.45, 2.75) is 0 Å². The highest BCUT2D eigenvalue weighted by molar-refractivity contribution is 6.25. The number of rotatable bonds is 2. The van der Waals surface area contributed by atoms with Crippen molar-refractivity contribution in [1.82, 2.24) is 9.97 Å². The number of ether oxygens (including phenoxy) is 2. The average Bonchev–Trinajstić information content (AvgIpc) is 2.78. The van der Waals surface area contributed by atoms with Crippen LogP contribution in [-0.4, -0.2) is 62.6 Å². The van der Waals surface area contributed by atoms with Crippen LogP contribution in [0.1, 0.15) is 0 Å². The molecule has 0 N–H and O–H groups in total. The maximum Gasteiger partial charge on any atom is 0.137 e. The van der Waals surface area contributed by atoms with Gasteiger partial charge in [0.15, 0.2) is 0 Å². The number of hydrogen-bond donors (Lipinski definition) is 0. The summed E-state index contributed by atoms with van der Waals surface area (Å²) in [6.45, 7) is 6.50. The van der Waals surface area contributed by atoms with Crippen LogP contribution in [0.2, 0.25) is 0 Å². The van der Waals surface area contributed by atoms with E-state index in [2.05, 4.69) is 46.2 Å². The summed E-state index contributed by atoms with van der Waals surface area (Å²) in [6, 6.07) is 12.8. The number of morpholine rings is 2. The van der Waals surface area contributed by atoms with Crippen molar-refractivity contribution in [3.05, 3.63) is 36.4 Å². The van der Waals surface area contributed by atoms with E-state index in [4.69, 9.17) is 19.4 Å². The van der Waals surface area contributed by atoms with Crippen molar-refractivity contribution >= 4 is 44.2 Å². The first-order valence-corrected chi connectivity index (χ1v) is 10.00. The topological polar surface area (TPSA) is 50.7 Å². The van der Waals surface area contributed by atoms with Crippen LogP contribution in [0.3, 0.4) is 0 Å². The molecule has 0 bridgehead atoms. The van der Waals surface area contributed by atoms with E-state index < -0.39 is 0 Å². The Morgan fingerprint density at radius 1 is 0.607 bits per heavy atom. The molecule has 0 unspecified atom stereocenters. The SMILES string of the molecule is c1cc2nc(N3CCOCC3)c3cccc4nc(N5CCOCC5)c(c1)c2c43. The number of aromatic nitrogens is 2. The third kappa shape index (κ3) is 2.41. The van der Waals surface area contributed by atoms with Crippen LogP contribution in [-0.2, 0) is 9.47 Å². The molecule has 6 rings (SSSR count). The first kappa shape index (κ1) is 16.3. The maximum atomic E-state index is 5.55. The van der Waals surface area contributed by atoms with Crippen LogP contribution in [0.15, 0.2) is 36.4 Å². The van der Waals surface area contributed by atoms with E-state index in [0.29, 0.717) is 0 Å². The van der Waals surface area contributed by atoms with Gasteiger partial charge in [0.2, 0.25) is 0 Å². The number of hydrogen-bond acceptors (Lipinski definition) is 6. The van der Waals surface area contributed by atoms with Crippen LogP contribution in [0, 0.1) is 0 Å².